The second-order valence-electron chi connectivity index (χ2n) is 2.11. The normalized spacial score (nSPS) is 13.0. The van der Waals surface area contributed by atoms with Gasteiger partial charge in [-0.25, -0.2) is 0 Å². The van der Waals surface area contributed by atoms with Gasteiger partial charge in [-0.2, -0.15) is 0 Å². The zero-order chi connectivity index (χ0) is 6.69. The largest absolute Gasteiger partial charge is 0.365 e. The highest BCUT2D eigenvalue weighted by Crippen LogP contribution is 2.11. The zero-order valence-corrected chi connectivity index (χ0v) is 5.46. The molecule has 1 rings (SSSR count). The molecule has 47 valence electrons. The van der Waals surface area contributed by atoms with E-state index in [1.807, 2.05) is 25.3 Å². The monoisotopic (exact) mass is 120 g/mol. The van der Waals surface area contributed by atoms with Crippen LogP contribution in [-0.2, 0) is 0 Å². The Bertz CT molecular complexity index is 174. The van der Waals surface area contributed by atoms with E-state index in [0.29, 0.717) is 5.92 Å². The number of aromatic nitrogens is 1. The van der Waals surface area contributed by atoms with Gasteiger partial charge in [-0.15, -0.1) is 0 Å². The Labute approximate surface area is 55.4 Å². The summed E-state index contributed by atoms with van der Waals surface area (Å²) in [6.07, 6.45) is 3.57. The summed E-state index contributed by atoms with van der Waals surface area (Å²) in [6.45, 7) is 7.37. The van der Waals surface area contributed by atoms with Crippen LogP contribution in [0.5, 0.6) is 0 Å². The Kier molecular flexibility index (Phi) is 1.73. The standard InChI is InChI=1S/C8H10N/c1-3-7(2)8-5-4-6-9-8/h1,3-7,9H,2H3. The van der Waals surface area contributed by atoms with Crippen LogP contribution >= 0.6 is 0 Å². The average Bonchev–Trinajstić information content (AvgIpc) is 2.37. The second-order valence-corrected chi connectivity index (χ2v) is 2.11. The summed E-state index contributed by atoms with van der Waals surface area (Å²) >= 11 is 0. The molecule has 0 aromatic carbocycles. The van der Waals surface area contributed by atoms with Gasteiger partial charge in [0.25, 0.3) is 0 Å². The van der Waals surface area contributed by atoms with E-state index in [1.54, 1.807) is 6.08 Å². The first-order valence-electron chi connectivity index (χ1n) is 3.03. The van der Waals surface area contributed by atoms with E-state index in [4.69, 9.17) is 6.58 Å². The van der Waals surface area contributed by atoms with Crippen molar-refractivity contribution in [2.45, 2.75) is 12.8 Å². The number of hydrogen-bond donors (Lipinski definition) is 1. The highest BCUT2D eigenvalue weighted by atomic mass is 14.7. The highest BCUT2D eigenvalue weighted by molar-refractivity contribution is 5.12. The number of rotatable bonds is 2. The molecule has 1 heterocycles. The predicted octanol–water partition coefficient (Wildman–Crippen LogP) is 2.11. The van der Waals surface area contributed by atoms with Gasteiger partial charge in [0.05, 0.1) is 0 Å². The average molecular weight is 120 g/mol. The maximum absolute atomic E-state index is 5.32. The number of nitrogens with one attached hydrogen (secondary N) is 1. The van der Waals surface area contributed by atoms with Crippen molar-refractivity contribution in [2.75, 3.05) is 0 Å². The Morgan fingerprint density at radius 1 is 1.78 bits per heavy atom. The Hall–Kier alpha value is -0.980. The fraction of sp³-hybridized carbons (Fsp3) is 0.250. The lowest BCUT2D eigenvalue weighted by Crippen LogP contribution is -1.86. The molecule has 1 aromatic heterocycles. The predicted molar refractivity (Wildman–Crippen MR) is 38.1 cm³/mol. The first-order valence-corrected chi connectivity index (χ1v) is 3.03. The summed E-state index contributed by atoms with van der Waals surface area (Å²) < 4.78 is 0. The van der Waals surface area contributed by atoms with Crippen molar-refractivity contribution in [3.8, 4) is 0 Å². The molecule has 0 saturated heterocycles. The molecule has 1 radical (unpaired) electrons. The van der Waals surface area contributed by atoms with E-state index >= 15 is 0 Å². The first kappa shape index (κ1) is 6.14. The van der Waals surface area contributed by atoms with Gasteiger partial charge < -0.3 is 4.98 Å². The fourth-order valence-corrected chi connectivity index (χ4v) is 0.731. The van der Waals surface area contributed by atoms with Gasteiger partial charge in [0.1, 0.15) is 0 Å². The summed E-state index contributed by atoms with van der Waals surface area (Å²) in [5, 5.41) is 0. The van der Waals surface area contributed by atoms with E-state index in [9.17, 15) is 0 Å². The third-order valence-electron chi connectivity index (χ3n) is 1.40. The van der Waals surface area contributed by atoms with Crippen molar-refractivity contribution in [1.29, 1.82) is 0 Å². The molecule has 1 unspecified atom stereocenters. The number of aromatic amines is 1. The third-order valence-corrected chi connectivity index (χ3v) is 1.40. The quantitative estimate of drug-likeness (QED) is 0.615. The van der Waals surface area contributed by atoms with Crippen molar-refractivity contribution in [1.82, 2.24) is 4.98 Å². The third kappa shape index (κ3) is 1.22. The maximum atomic E-state index is 5.32. The first-order chi connectivity index (χ1) is 4.34. The van der Waals surface area contributed by atoms with Crippen molar-refractivity contribution in [3.05, 3.63) is 36.7 Å². The van der Waals surface area contributed by atoms with Gasteiger partial charge in [-0.3, -0.25) is 0 Å². The molecule has 0 aliphatic rings. The fourth-order valence-electron chi connectivity index (χ4n) is 0.731. The molecule has 1 atom stereocenters. The van der Waals surface area contributed by atoms with Crippen LogP contribution in [0, 0.1) is 6.58 Å². The van der Waals surface area contributed by atoms with Crippen molar-refractivity contribution >= 4 is 0 Å². The van der Waals surface area contributed by atoms with E-state index in [2.05, 4.69) is 4.98 Å². The molecule has 0 aliphatic carbocycles. The van der Waals surface area contributed by atoms with Crippen molar-refractivity contribution in [2.24, 2.45) is 0 Å². The molecule has 0 bridgehead atoms. The molecule has 0 saturated carbocycles. The van der Waals surface area contributed by atoms with Crippen LogP contribution in [-0.4, -0.2) is 4.98 Å². The number of H-pyrrole nitrogens is 1. The Morgan fingerprint density at radius 2 is 2.56 bits per heavy atom. The molecule has 0 spiro atoms. The van der Waals surface area contributed by atoms with E-state index in [0.717, 1.165) is 5.69 Å². The summed E-state index contributed by atoms with van der Waals surface area (Å²) in [5.41, 5.74) is 1.16. The van der Waals surface area contributed by atoms with Gasteiger partial charge in [0, 0.05) is 17.8 Å². The second kappa shape index (κ2) is 2.53. The van der Waals surface area contributed by atoms with Crippen molar-refractivity contribution < 1.29 is 0 Å². The minimum absolute atomic E-state index is 0.333. The summed E-state index contributed by atoms with van der Waals surface area (Å²) in [4.78, 5) is 3.08. The smallest absolute Gasteiger partial charge is 0.0214 e. The summed E-state index contributed by atoms with van der Waals surface area (Å²) in [7, 11) is 0. The van der Waals surface area contributed by atoms with Gasteiger partial charge >= 0.3 is 0 Å². The number of hydrogen-bond acceptors (Lipinski definition) is 0. The minimum atomic E-state index is 0.333. The Balaban J connectivity index is 2.76. The molecule has 1 aromatic rings. The summed E-state index contributed by atoms with van der Waals surface area (Å²) in [5.74, 6) is 0.333. The SMILES string of the molecule is [CH]=CC(C)c1ccc[nH]1. The van der Waals surface area contributed by atoms with Crippen LogP contribution in [0.4, 0.5) is 0 Å². The molecule has 1 N–H and O–H groups in total. The van der Waals surface area contributed by atoms with Crippen LogP contribution in [0.2, 0.25) is 0 Å². The van der Waals surface area contributed by atoms with Crippen LogP contribution < -0.4 is 0 Å². The van der Waals surface area contributed by atoms with Crippen molar-refractivity contribution in [3.63, 3.8) is 0 Å². The van der Waals surface area contributed by atoms with Crippen LogP contribution in [0.3, 0.4) is 0 Å². The summed E-state index contributed by atoms with van der Waals surface area (Å²) in [6, 6.07) is 3.99. The van der Waals surface area contributed by atoms with Gasteiger partial charge in [0.2, 0.25) is 0 Å². The lowest BCUT2D eigenvalue weighted by Gasteiger charge is -1.99. The van der Waals surface area contributed by atoms with Gasteiger partial charge in [-0.1, -0.05) is 19.6 Å². The lowest BCUT2D eigenvalue weighted by molar-refractivity contribution is 0.923. The number of allylic oxidation sites excluding steroid dienone is 1. The maximum Gasteiger partial charge on any atom is 0.0214 e. The molecule has 1 nitrogen and oxygen atoms in total. The van der Waals surface area contributed by atoms with Gasteiger partial charge in [-0.05, 0) is 12.1 Å². The minimum Gasteiger partial charge on any atom is -0.365 e. The van der Waals surface area contributed by atoms with Crippen LogP contribution in [0.15, 0.2) is 24.4 Å². The molecule has 0 aliphatic heterocycles. The lowest BCUT2D eigenvalue weighted by atomic mass is 10.1. The zero-order valence-electron chi connectivity index (χ0n) is 5.46. The van der Waals surface area contributed by atoms with E-state index in [1.165, 1.54) is 0 Å². The molecular formula is C8H10N. The topological polar surface area (TPSA) is 15.8 Å². The Morgan fingerprint density at radius 3 is 3.00 bits per heavy atom. The molecule has 0 amide bonds. The van der Waals surface area contributed by atoms with E-state index in [-0.39, 0.29) is 0 Å². The van der Waals surface area contributed by atoms with Crippen LogP contribution in [0.25, 0.3) is 0 Å². The van der Waals surface area contributed by atoms with Crippen LogP contribution in [0.1, 0.15) is 18.5 Å². The van der Waals surface area contributed by atoms with Gasteiger partial charge in [0.15, 0.2) is 0 Å². The highest BCUT2D eigenvalue weighted by Gasteiger charge is 1.97. The molecule has 0 fully saturated rings. The molecule has 1 heteroatoms. The molecule has 9 heavy (non-hydrogen) atoms. The van der Waals surface area contributed by atoms with E-state index < -0.39 is 0 Å². The molecular weight excluding hydrogens is 110 g/mol.